The summed E-state index contributed by atoms with van der Waals surface area (Å²) in [5, 5.41) is 0. The van der Waals surface area contributed by atoms with E-state index >= 15 is 0 Å². The van der Waals surface area contributed by atoms with Crippen LogP contribution in [0.15, 0.2) is 23.3 Å². The standard InChI is InChI=1S/C11H14O2/c1-2-4-9-8(3-1)5-6-10-11(9)13-7-12-10/h2,4,10-11H,1,3,5-7H2. The van der Waals surface area contributed by atoms with Crippen LogP contribution in [-0.2, 0) is 9.47 Å². The van der Waals surface area contributed by atoms with E-state index in [1.54, 1.807) is 5.57 Å². The lowest BCUT2D eigenvalue weighted by Gasteiger charge is -2.28. The lowest BCUT2D eigenvalue weighted by Crippen LogP contribution is -2.29. The molecule has 1 fully saturated rings. The van der Waals surface area contributed by atoms with E-state index in [1.165, 1.54) is 24.8 Å². The van der Waals surface area contributed by atoms with Gasteiger partial charge in [-0.3, -0.25) is 0 Å². The molecule has 0 aromatic heterocycles. The van der Waals surface area contributed by atoms with Gasteiger partial charge in [-0.1, -0.05) is 17.7 Å². The largest absolute Gasteiger partial charge is 0.349 e. The van der Waals surface area contributed by atoms with Gasteiger partial charge in [-0.05, 0) is 31.3 Å². The number of hydrogen-bond donors (Lipinski definition) is 0. The second-order valence-corrected chi connectivity index (χ2v) is 3.95. The van der Waals surface area contributed by atoms with Gasteiger partial charge in [0, 0.05) is 0 Å². The molecular weight excluding hydrogens is 164 g/mol. The van der Waals surface area contributed by atoms with E-state index in [-0.39, 0.29) is 6.10 Å². The SMILES string of the molecule is C1=CC2=C(CC1)CCC1OCOC21. The molecule has 2 heteroatoms. The molecule has 0 N–H and O–H groups in total. The molecule has 0 amide bonds. The van der Waals surface area contributed by atoms with Gasteiger partial charge in [0.1, 0.15) is 12.9 Å². The average Bonchev–Trinajstić information content (AvgIpc) is 2.65. The molecule has 0 bridgehead atoms. The average molecular weight is 178 g/mol. The Kier molecular flexibility index (Phi) is 1.77. The Morgan fingerprint density at radius 2 is 2.23 bits per heavy atom. The Balaban J connectivity index is 1.96. The molecule has 13 heavy (non-hydrogen) atoms. The summed E-state index contributed by atoms with van der Waals surface area (Å²) in [4.78, 5) is 0. The zero-order valence-corrected chi connectivity index (χ0v) is 7.66. The molecular formula is C11H14O2. The van der Waals surface area contributed by atoms with Crippen molar-refractivity contribution in [1.29, 1.82) is 0 Å². The van der Waals surface area contributed by atoms with Crippen molar-refractivity contribution < 1.29 is 9.47 Å². The number of rotatable bonds is 0. The van der Waals surface area contributed by atoms with Crippen molar-refractivity contribution >= 4 is 0 Å². The molecule has 3 aliphatic rings. The first-order valence-corrected chi connectivity index (χ1v) is 5.07. The van der Waals surface area contributed by atoms with Crippen LogP contribution in [-0.4, -0.2) is 19.0 Å². The molecule has 2 nitrogen and oxygen atoms in total. The molecule has 0 spiro atoms. The molecule has 3 rings (SSSR count). The number of allylic oxidation sites excluding steroid dienone is 2. The van der Waals surface area contributed by atoms with Crippen LogP contribution in [0.5, 0.6) is 0 Å². The van der Waals surface area contributed by atoms with E-state index in [0.29, 0.717) is 12.9 Å². The highest BCUT2D eigenvalue weighted by Gasteiger charge is 2.36. The van der Waals surface area contributed by atoms with E-state index in [2.05, 4.69) is 12.2 Å². The fourth-order valence-electron chi connectivity index (χ4n) is 2.53. The molecule has 1 heterocycles. The van der Waals surface area contributed by atoms with E-state index in [0.717, 1.165) is 6.42 Å². The molecule has 1 aliphatic heterocycles. The van der Waals surface area contributed by atoms with Crippen molar-refractivity contribution in [3.63, 3.8) is 0 Å². The van der Waals surface area contributed by atoms with Crippen LogP contribution in [0.25, 0.3) is 0 Å². The fourth-order valence-corrected chi connectivity index (χ4v) is 2.53. The van der Waals surface area contributed by atoms with Crippen molar-refractivity contribution in [3.8, 4) is 0 Å². The van der Waals surface area contributed by atoms with Crippen LogP contribution in [0.2, 0.25) is 0 Å². The van der Waals surface area contributed by atoms with Crippen LogP contribution in [0.4, 0.5) is 0 Å². The molecule has 0 aromatic carbocycles. The van der Waals surface area contributed by atoms with Crippen LogP contribution in [0.1, 0.15) is 25.7 Å². The smallest absolute Gasteiger partial charge is 0.148 e. The topological polar surface area (TPSA) is 18.5 Å². The van der Waals surface area contributed by atoms with E-state index in [4.69, 9.17) is 9.47 Å². The molecule has 2 unspecified atom stereocenters. The van der Waals surface area contributed by atoms with Crippen molar-refractivity contribution in [1.82, 2.24) is 0 Å². The molecule has 1 saturated heterocycles. The second kappa shape index (κ2) is 2.96. The van der Waals surface area contributed by atoms with Crippen LogP contribution in [0, 0.1) is 0 Å². The predicted molar refractivity (Wildman–Crippen MR) is 49.2 cm³/mol. The number of hydrogen-bond acceptors (Lipinski definition) is 2. The monoisotopic (exact) mass is 178 g/mol. The van der Waals surface area contributed by atoms with Gasteiger partial charge in [0.25, 0.3) is 0 Å². The highest BCUT2D eigenvalue weighted by atomic mass is 16.7. The molecule has 2 atom stereocenters. The first kappa shape index (κ1) is 7.77. The van der Waals surface area contributed by atoms with Gasteiger partial charge in [0.2, 0.25) is 0 Å². The van der Waals surface area contributed by atoms with Gasteiger partial charge >= 0.3 is 0 Å². The summed E-state index contributed by atoms with van der Waals surface area (Å²) in [5.74, 6) is 0. The highest BCUT2D eigenvalue weighted by Crippen LogP contribution is 2.37. The molecule has 0 radical (unpaired) electrons. The third-order valence-corrected chi connectivity index (χ3v) is 3.22. The summed E-state index contributed by atoms with van der Waals surface area (Å²) < 4.78 is 11.1. The molecule has 0 aromatic rings. The minimum Gasteiger partial charge on any atom is -0.349 e. The Labute approximate surface area is 78.2 Å². The summed E-state index contributed by atoms with van der Waals surface area (Å²) >= 11 is 0. The normalized spacial score (nSPS) is 37.5. The van der Waals surface area contributed by atoms with Gasteiger partial charge in [0.05, 0.1) is 6.10 Å². The second-order valence-electron chi connectivity index (χ2n) is 3.95. The Morgan fingerprint density at radius 3 is 3.23 bits per heavy atom. The maximum Gasteiger partial charge on any atom is 0.148 e. The summed E-state index contributed by atoms with van der Waals surface area (Å²) in [6.07, 6.45) is 9.88. The minimum atomic E-state index is 0.250. The molecule has 2 aliphatic carbocycles. The Hall–Kier alpha value is -0.600. The zero-order valence-electron chi connectivity index (χ0n) is 7.66. The highest BCUT2D eigenvalue weighted by molar-refractivity contribution is 5.36. The first-order chi connectivity index (χ1) is 6.45. The van der Waals surface area contributed by atoms with Crippen molar-refractivity contribution in [2.24, 2.45) is 0 Å². The van der Waals surface area contributed by atoms with E-state index in [1.807, 2.05) is 0 Å². The lowest BCUT2D eigenvalue weighted by atomic mass is 9.83. The first-order valence-electron chi connectivity index (χ1n) is 5.07. The quantitative estimate of drug-likeness (QED) is 0.566. The third-order valence-electron chi connectivity index (χ3n) is 3.22. The van der Waals surface area contributed by atoms with Gasteiger partial charge in [-0.25, -0.2) is 0 Å². The van der Waals surface area contributed by atoms with Crippen molar-refractivity contribution in [2.75, 3.05) is 6.79 Å². The minimum absolute atomic E-state index is 0.250. The van der Waals surface area contributed by atoms with E-state index < -0.39 is 0 Å². The van der Waals surface area contributed by atoms with Gasteiger partial charge in [0.15, 0.2) is 0 Å². The summed E-state index contributed by atoms with van der Waals surface area (Å²) in [7, 11) is 0. The Bertz CT molecular complexity index is 278. The van der Waals surface area contributed by atoms with Crippen LogP contribution in [0.3, 0.4) is 0 Å². The lowest BCUT2D eigenvalue weighted by molar-refractivity contribution is 0.0420. The van der Waals surface area contributed by atoms with E-state index in [9.17, 15) is 0 Å². The molecule has 70 valence electrons. The summed E-state index contributed by atoms with van der Waals surface area (Å²) in [6, 6.07) is 0. The van der Waals surface area contributed by atoms with Gasteiger partial charge < -0.3 is 9.47 Å². The van der Waals surface area contributed by atoms with Crippen LogP contribution < -0.4 is 0 Å². The molecule has 0 saturated carbocycles. The predicted octanol–water partition coefficient (Wildman–Crippen LogP) is 2.17. The van der Waals surface area contributed by atoms with Gasteiger partial charge in [-0.15, -0.1) is 0 Å². The summed E-state index contributed by atoms with van der Waals surface area (Å²) in [6.45, 7) is 0.486. The number of fused-ring (bicyclic) bond motifs is 2. The zero-order chi connectivity index (χ0) is 8.67. The maximum atomic E-state index is 5.60. The number of ether oxygens (including phenoxy) is 2. The van der Waals surface area contributed by atoms with Crippen LogP contribution >= 0.6 is 0 Å². The van der Waals surface area contributed by atoms with Crippen molar-refractivity contribution in [2.45, 2.75) is 37.9 Å². The fraction of sp³-hybridized carbons (Fsp3) is 0.636. The maximum absolute atomic E-state index is 5.60. The third kappa shape index (κ3) is 1.17. The van der Waals surface area contributed by atoms with Gasteiger partial charge in [-0.2, -0.15) is 0 Å². The van der Waals surface area contributed by atoms with Crippen molar-refractivity contribution in [3.05, 3.63) is 23.3 Å². The summed E-state index contributed by atoms with van der Waals surface area (Å²) in [5.41, 5.74) is 3.02. The Morgan fingerprint density at radius 1 is 1.23 bits per heavy atom.